The molecule has 2 saturated heterocycles. The Morgan fingerprint density at radius 3 is 2.86 bits per heavy atom. The summed E-state index contributed by atoms with van der Waals surface area (Å²) in [6.45, 7) is 3.94. The molecule has 0 atom stereocenters. The van der Waals surface area contributed by atoms with E-state index in [2.05, 4.69) is 20.6 Å². The number of rotatable bonds is 5. The molecule has 1 aromatic rings. The molecule has 0 unspecified atom stereocenters. The minimum Gasteiger partial charge on any atom is -0.381 e. The van der Waals surface area contributed by atoms with Crippen molar-refractivity contribution in [3.63, 3.8) is 0 Å². The van der Waals surface area contributed by atoms with Crippen LogP contribution in [0.4, 0.5) is 5.13 Å². The number of carbonyl (C=O) groups is 1. The lowest BCUT2D eigenvalue weighted by molar-refractivity contribution is -0.129. The van der Waals surface area contributed by atoms with Gasteiger partial charge in [-0.25, -0.2) is 4.98 Å². The number of hydrogen-bond donors (Lipinski definition) is 2. The van der Waals surface area contributed by atoms with Gasteiger partial charge in [0.25, 0.3) is 0 Å². The van der Waals surface area contributed by atoms with Crippen LogP contribution < -0.4 is 16.0 Å². The van der Waals surface area contributed by atoms with Crippen molar-refractivity contribution < 1.29 is 9.53 Å². The molecule has 0 spiro atoms. The molecule has 2 aliphatic heterocycles. The number of nitrogens with two attached hydrogens (primary N) is 1. The minimum absolute atomic E-state index is 0.0641. The smallest absolute Gasteiger partial charge is 0.240 e. The van der Waals surface area contributed by atoms with Gasteiger partial charge in [0.2, 0.25) is 5.91 Å². The fourth-order valence-electron chi connectivity index (χ4n) is 2.91. The second kappa shape index (κ2) is 6.93. The summed E-state index contributed by atoms with van der Waals surface area (Å²) in [7, 11) is 0. The average Bonchev–Trinajstić information content (AvgIpc) is 3.19. The standard InChI is InChI=1S/C15H24N4O2S/c16-15(4-9-21-10-5-15)13(20)17-6-3-12-11-22-14(18-12)19-7-1-2-8-19/h11H,1-10,16H2,(H,17,20). The maximum Gasteiger partial charge on any atom is 0.240 e. The Morgan fingerprint density at radius 1 is 1.41 bits per heavy atom. The summed E-state index contributed by atoms with van der Waals surface area (Å²) in [6, 6.07) is 0. The van der Waals surface area contributed by atoms with Crippen LogP contribution in [-0.4, -0.2) is 49.3 Å². The van der Waals surface area contributed by atoms with Crippen molar-refractivity contribution in [2.45, 2.75) is 37.6 Å². The molecule has 1 aromatic heterocycles. The van der Waals surface area contributed by atoms with Gasteiger partial charge in [-0.3, -0.25) is 4.79 Å². The van der Waals surface area contributed by atoms with Gasteiger partial charge in [-0.1, -0.05) is 0 Å². The maximum absolute atomic E-state index is 12.2. The van der Waals surface area contributed by atoms with Gasteiger partial charge in [-0.2, -0.15) is 0 Å². The summed E-state index contributed by atoms with van der Waals surface area (Å²) in [5.41, 5.74) is 6.44. The summed E-state index contributed by atoms with van der Waals surface area (Å²) in [4.78, 5) is 19.2. The number of ether oxygens (including phenoxy) is 1. The number of aromatic nitrogens is 1. The summed E-state index contributed by atoms with van der Waals surface area (Å²) in [5, 5.41) is 6.15. The molecule has 3 rings (SSSR count). The normalized spacial score (nSPS) is 21.0. The number of anilines is 1. The van der Waals surface area contributed by atoms with Gasteiger partial charge in [0, 0.05) is 44.6 Å². The fourth-order valence-corrected chi connectivity index (χ4v) is 3.82. The highest BCUT2D eigenvalue weighted by Crippen LogP contribution is 2.24. The second-order valence-electron chi connectivity index (χ2n) is 6.09. The zero-order valence-corrected chi connectivity index (χ0v) is 13.7. The first-order valence-corrected chi connectivity index (χ1v) is 8.90. The zero-order chi connectivity index (χ0) is 15.4. The van der Waals surface area contributed by atoms with Gasteiger partial charge in [-0.05, 0) is 25.7 Å². The van der Waals surface area contributed by atoms with Gasteiger partial charge >= 0.3 is 0 Å². The molecule has 0 aliphatic carbocycles. The van der Waals surface area contributed by atoms with E-state index in [4.69, 9.17) is 10.5 Å². The Bertz CT molecular complexity index is 507. The average molecular weight is 324 g/mol. The van der Waals surface area contributed by atoms with Crippen molar-refractivity contribution in [1.82, 2.24) is 10.3 Å². The SMILES string of the molecule is NC1(C(=O)NCCc2csc(N3CCCC3)n2)CCOCC1. The lowest BCUT2D eigenvalue weighted by Crippen LogP contribution is -2.57. The third-order valence-corrected chi connectivity index (χ3v) is 5.37. The highest BCUT2D eigenvalue weighted by Gasteiger charge is 2.35. The van der Waals surface area contributed by atoms with Gasteiger partial charge in [0.05, 0.1) is 11.2 Å². The van der Waals surface area contributed by atoms with Crippen molar-refractivity contribution in [1.29, 1.82) is 0 Å². The zero-order valence-electron chi connectivity index (χ0n) is 12.8. The lowest BCUT2D eigenvalue weighted by atomic mass is 9.90. The molecular formula is C15H24N4O2S. The Balaban J connectivity index is 1.45. The van der Waals surface area contributed by atoms with Crippen LogP contribution in [0.3, 0.4) is 0 Å². The van der Waals surface area contributed by atoms with Crippen molar-refractivity contribution in [2.75, 3.05) is 37.7 Å². The quantitative estimate of drug-likeness (QED) is 0.841. The molecule has 2 fully saturated rings. The van der Waals surface area contributed by atoms with E-state index >= 15 is 0 Å². The lowest BCUT2D eigenvalue weighted by Gasteiger charge is -2.31. The number of hydrogen-bond acceptors (Lipinski definition) is 6. The monoisotopic (exact) mass is 324 g/mol. The van der Waals surface area contributed by atoms with Crippen molar-refractivity contribution in [3.05, 3.63) is 11.1 Å². The molecule has 3 N–H and O–H groups in total. The molecular weight excluding hydrogens is 300 g/mol. The first kappa shape index (κ1) is 15.7. The number of nitrogens with zero attached hydrogens (tertiary/aromatic N) is 2. The Kier molecular flexibility index (Phi) is 4.95. The van der Waals surface area contributed by atoms with E-state index in [0.717, 1.165) is 30.3 Å². The van der Waals surface area contributed by atoms with Crippen molar-refractivity contribution >= 4 is 22.4 Å². The van der Waals surface area contributed by atoms with Crippen LogP contribution >= 0.6 is 11.3 Å². The van der Waals surface area contributed by atoms with E-state index in [-0.39, 0.29) is 5.91 Å². The number of carbonyl (C=O) groups excluding carboxylic acids is 1. The molecule has 2 aliphatic rings. The first-order valence-electron chi connectivity index (χ1n) is 8.02. The van der Waals surface area contributed by atoms with E-state index in [1.165, 1.54) is 12.8 Å². The minimum atomic E-state index is -0.763. The number of nitrogens with one attached hydrogen (secondary N) is 1. The number of thiazole rings is 1. The van der Waals surface area contributed by atoms with Gasteiger partial charge in [0.15, 0.2) is 5.13 Å². The van der Waals surface area contributed by atoms with Crippen LogP contribution in [0.25, 0.3) is 0 Å². The molecule has 7 heteroatoms. The van der Waals surface area contributed by atoms with Crippen LogP contribution in [0.1, 0.15) is 31.4 Å². The highest BCUT2D eigenvalue weighted by atomic mass is 32.1. The van der Waals surface area contributed by atoms with E-state index < -0.39 is 5.54 Å². The van der Waals surface area contributed by atoms with Gasteiger partial charge in [0.1, 0.15) is 0 Å². The van der Waals surface area contributed by atoms with Crippen LogP contribution in [0, 0.1) is 0 Å². The highest BCUT2D eigenvalue weighted by molar-refractivity contribution is 7.13. The molecule has 0 saturated carbocycles. The molecule has 3 heterocycles. The summed E-state index contributed by atoms with van der Waals surface area (Å²) >= 11 is 1.69. The Labute approximate surface area is 135 Å². The first-order chi connectivity index (χ1) is 10.7. The van der Waals surface area contributed by atoms with E-state index in [1.807, 2.05) is 0 Å². The van der Waals surface area contributed by atoms with Crippen LogP contribution in [0.5, 0.6) is 0 Å². The molecule has 1 amide bonds. The fraction of sp³-hybridized carbons (Fsp3) is 0.733. The van der Waals surface area contributed by atoms with Crippen LogP contribution in [0.15, 0.2) is 5.38 Å². The molecule has 122 valence electrons. The summed E-state index contributed by atoms with van der Waals surface area (Å²) in [6.07, 6.45) is 4.45. The topological polar surface area (TPSA) is 80.5 Å². The molecule has 6 nitrogen and oxygen atoms in total. The van der Waals surface area contributed by atoms with Crippen LogP contribution in [-0.2, 0) is 16.0 Å². The largest absolute Gasteiger partial charge is 0.381 e. The van der Waals surface area contributed by atoms with E-state index in [0.29, 0.717) is 32.6 Å². The third-order valence-electron chi connectivity index (χ3n) is 4.42. The van der Waals surface area contributed by atoms with Crippen LogP contribution in [0.2, 0.25) is 0 Å². The second-order valence-corrected chi connectivity index (χ2v) is 6.93. The Morgan fingerprint density at radius 2 is 2.14 bits per heavy atom. The van der Waals surface area contributed by atoms with E-state index in [1.54, 1.807) is 11.3 Å². The Hall–Kier alpha value is -1.18. The van der Waals surface area contributed by atoms with Gasteiger partial charge in [-0.15, -0.1) is 11.3 Å². The summed E-state index contributed by atoms with van der Waals surface area (Å²) < 4.78 is 5.27. The molecule has 22 heavy (non-hydrogen) atoms. The van der Waals surface area contributed by atoms with Gasteiger partial charge < -0.3 is 20.7 Å². The molecule has 0 bridgehead atoms. The van der Waals surface area contributed by atoms with E-state index in [9.17, 15) is 4.79 Å². The molecule has 0 radical (unpaired) electrons. The summed E-state index contributed by atoms with van der Waals surface area (Å²) in [5.74, 6) is -0.0641. The molecule has 0 aromatic carbocycles. The number of amides is 1. The predicted molar refractivity (Wildman–Crippen MR) is 87.2 cm³/mol. The predicted octanol–water partition coefficient (Wildman–Crippen LogP) is 0.910. The maximum atomic E-state index is 12.2. The third kappa shape index (κ3) is 3.59. The van der Waals surface area contributed by atoms with Crippen molar-refractivity contribution in [3.8, 4) is 0 Å². The van der Waals surface area contributed by atoms with Crippen molar-refractivity contribution in [2.24, 2.45) is 5.73 Å².